The predicted molar refractivity (Wildman–Crippen MR) is 79.1 cm³/mol. The number of ether oxygens (including phenoxy) is 1. The number of carboxylic acid groups (broad SMARTS) is 1. The van der Waals surface area contributed by atoms with Crippen LogP contribution in [0.25, 0.3) is 5.69 Å². The summed E-state index contributed by atoms with van der Waals surface area (Å²) >= 11 is 0. The average Bonchev–Trinajstić information content (AvgIpc) is 2.99. The van der Waals surface area contributed by atoms with E-state index in [1.807, 2.05) is 30.3 Å². The SMILES string of the molecule is O=C(O)c1c(OCc2ccccc2)cnn1-c1cccnc1. The normalized spacial score (nSPS) is 10.4. The summed E-state index contributed by atoms with van der Waals surface area (Å²) in [5.74, 6) is -0.885. The Bertz CT molecular complexity index is 770. The molecule has 6 heteroatoms. The first-order valence-electron chi connectivity index (χ1n) is 6.64. The van der Waals surface area contributed by atoms with E-state index in [2.05, 4.69) is 10.1 Å². The van der Waals surface area contributed by atoms with Gasteiger partial charge < -0.3 is 9.84 Å². The minimum atomic E-state index is -1.11. The molecule has 0 radical (unpaired) electrons. The molecule has 0 saturated carbocycles. The van der Waals surface area contributed by atoms with Crippen LogP contribution in [0, 0.1) is 0 Å². The quantitative estimate of drug-likeness (QED) is 0.782. The Balaban J connectivity index is 1.89. The monoisotopic (exact) mass is 295 g/mol. The van der Waals surface area contributed by atoms with E-state index in [4.69, 9.17) is 4.74 Å². The van der Waals surface area contributed by atoms with Gasteiger partial charge in [0.1, 0.15) is 6.61 Å². The molecule has 0 aliphatic carbocycles. The third-order valence-electron chi connectivity index (χ3n) is 3.07. The van der Waals surface area contributed by atoms with Crippen molar-refractivity contribution in [2.45, 2.75) is 6.61 Å². The van der Waals surface area contributed by atoms with Crippen molar-refractivity contribution in [2.24, 2.45) is 0 Å². The van der Waals surface area contributed by atoms with Gasteiger partial charge in [-0.05, 0) is 17.7 Å². The van der Waals surface area contributed by atoms with E-state index in [1.165, 1.54) is 10.9 Å². The Labute approximate surface area is 126 Å². The van der Waals surface area contributed by atoms with Crippen molar-refractivity contribution in [2.75, 3.05) is 0 Å². The second-order valence-electron chi connectivity index (χ2n) is 4.56. The Morgan fingerprint density at radius 1 is 1.14 bits per heavy atom. The first-order chi connectivity index (χ1) is 10.8. The van der Waals surface area contributed by atoms with Gasteiger partial charge in [-0.2, -0.15) is 5.10 Å². The number of hydrogen-bond acceptors (Lipinski definition) is 4. The summed E-state index contributed by atoms with van der Waals surface area (Å²) in [6, 6.07) is 13.0. The fourth-order valence-electron chi connectivity index (χ4n) is 2.05. The highest BCUT2D eigenvalue weighted by Crippen LogP contribution is 2.22. The molecule has 1 aromatic carbocycles. The summed E-state index contributed by atoms with van der Waals surface area (Å²) in [5, 5.41) is 13.5. The van der Waals surface area contributed by atoms with E-state index in [1.54, 1.807) is 24.5 Å². The van der Waals surface area contributed by atoms with Gasteiger partial charge in [-0.15, -0.1) is 0 Å². The van der Waals surface area contributed by atoms with Gasteiger partial charge in [0, 0.05) is 6.20 Å². The zero-order valence-electron chi connectivity index (χ0n) is 11.6. The number of carboxylic acids is 1. The summed E-state index contributed by atoms with van der Waals surface area (Å²) in [7, 11) is 0. The van der Waals surface area contributed by atoms with E-state index < -0.39 is 5.97 Å². The maximum Gasteiger partial charge on any atom is 0.358 e. The molecule has 0 amide bonds. The lowest BCUT2D eigenvalue weighted by Gasteiger charge is -2.07. The van der Waals surface area contributed by atoms with Gasteiger partial charge >= 0.3 is 5.97 Å². The molecule has 2 heterocycles. The highest BCUT2D eigenvalue weighted by Gasteiger charge is 2.20. The van der Waals surface area contributed by atoms with Crippen LogP contribution < -0.4 is 4.74 Å². The number of carbonyl (C=O) groups is 1. The predicted octanol–water partition coefficient (Wildman–Crippen LogP) is 2.54. The molecular formula is C16H13N3O3. The van der Waals surface area contributed by atoms with Crippen molar-refractivity contribution in [1.29, 1.82) is 0 Å². The summed E-state index contributed by atoms with van der Waals surface area (Å²) in [6.45, 7) is 0.278. The van der Waals surface area contributed by atoms with Gasteiger partial charge in [0.15, 0.2) is 11.4 Å². The van der Waals surface area contributed by atoms with Crippen LogP contribution >= 0.6 is 0 Å². The summed E-state index contributed by atoms with van der Waals surface area (Å²) in [6.07, 6.45) is 4.56. The number of hydrogen-bond donors (Lipinski definition) is 1. The molecule has 2 aromatic heterocycles. The molecule has 3 rings (SSSR count). The Morgan fingerprint density at radius 3 is 2.64 bits per heavy atom. The van der Waals surface area contributed by atoms with Gasteiger partial charge in [0.2, 0.25) is 0 Å². The zero-order chi connectivity index (χ0) is 15.4. The van der Waals surface area contributed by atoms with Crippen molar-refractivity contribution >= 4 is 5.97 Å². The molecule has 1 N–H and O–H groups in total. The second kappa shape index (κ2) is 6.09. The summed E-state index contributed by atoms with van der Waals surface area (Å²) in [5.41, 5.74) is 1.49. The molecule has 6 nitrogen and oxygen atoms in total. The molecule has 22 heavy (non-hydrogen) atoms. The maximum atomic E-state index is 11.5. The molecule has 0 aliphatic rings. The third kappa shape index (κ3) is 2.80. The topological polar surface area (TPSA) is 77.2 Å². The maximum absolute atomic E-state index is 11.5. The first-order valence-corrected chi connectivity index (χ1v) is 6.64. The molecule has 110 valence electrons. The fraction of sp³-hybridized carbons (Fsp3) is 0.0625. The van der Waals surface area contributed by atoms with E-state index in [-0.39, 0.29) is 18.1 Å². The van der Waals surface area contributed by atoms with E-state index in [9.17, 15) is 9.90 Å². The van der Waals surface area contributed by atoms with Crippen LogP contribution in [0.5, 0.6) is 5.75 Å². The van der Waals surface area contributed by atoms with Crippen molar-refractivity contribution in [1.82, 2.24) is 14.8 Å². The van der Waals surface area contributed by atoms with Crippen molar-refractivity contribution in [3.05, 3.63) is 72.3 Å². The van der Waals surface area contributed by atoms with Gasteiger partial charge in [-0.25, -0.2) is 9.48 Å². The molecule has 3 aromatic rings. The van der Waals surface area contributed by atoms with Gasteiger partial charge in [0.25, 0.3) is 0 Å². The molecule has 0 aliphatic heterocycles. The van der Waals surface area contributed by atoms with Crippen LogP contribution in [0.1, 0.15) is 16.1 Å². The Morgan fingerprint density at radius 2 is 1.95 bits per heavy atom. The number of pyridine rings is 1. The minimum absolute atomic E-state index is 0.0241. The second-order valence-corrected chi connectivity index (χ2v) is 4.56. The van der Waals surface area contributed by atoms with Crippen molar-refractivity contribution < 1.29 is 14.6 Å². The standard InChI is InChI=1S/C16H13N3O3/c20-16(21)15-14(22-11-12-5-2-1-3-6-12)10-18-19(15)13-7-4-8-17-9-13/h1-10H,11H2,(H,20,21). The molecule has 0 saturated heterocycles. The highest BCUT2D eigenvalue weighted by molar-refractivity contribution is 5.89. The van der Waals surface area contributed by atoms with Gasteiger partial charge in [-0.1, -0.05) is 30.3 Å². The number of benzene rings is 1. The van der Waals surface area contributed by atoms with E-state index >= 15 is 0 Å². The Hall–Kier alpha value is -3.15. The van der Waals surface area contributed by atoms with E-state index in [0.717, 1.165) is 5.56 Å². The number of aromatic nitrogens is 3. The molecule has 0 bridgehead atoms. The van der Waals surface area contributed by atoms with Gasteiger partial charge in [0.05, 0.1) is 18.1 Å². The Kier molecular flexibility index (Phi) is 3.82. The van der Waals surface area contributed by atoms with Gasteiger partial charge in [-0.3, -0.25) is 4.98 Å². The lowest BCUT2D eigenvalue weighted by atomic mass is 10.2. The highest BCUT2D eigenvalue weighted by atomic mass is 16.5. The number of rotatable bonds is 5. The van der Waals surface area contributed by atoms with E-state index in [0.29, 0.717) is 5.69 Å². The summed E-state index contributed by atoms with van der Waals surface area (Å²) < 4.78 is 6.90. The summed E-state index contributed by atoms with van der Waals surface area (Å²) in [4.78, 5) is 15.5. The number of nitrogens with zero attached hydrogens (tertiary/aromatic N) is 3. The number of aromatic carboxylic acids is 1. The van der Waals surface area contributed by atoms with Crippen molar-refractivity contribution in [3.8, 4) is 11.4 Å². The molecule has 0 unspecified atom stereocenters. The largest absolute Gasteiger partial charge is 0.485 e. The smallest absolute Gasteiger partial charge is 0.358 e. The first kappa shape index (κ1) is 13.8. The fourth-order valence-corrected chi connectivity index (χ4v) is 2.05. The van der Waals surface area contributed by atoms with Crippen LogP contribution in [-0.2, 0) is 6.61 Å². The van der Waals surface area contributed by atoms with Crippen LogP contribution in [0.2, 0.25) is 0 Å². The average molecular weight is 295 g/mol. The lowest BCUT2D eigenvalue weighted by Crippen LogP contribution is -2.10. The van der Waals surface area contributed by atoms with Crippen LogP contribution in [0.4, 0.5) is 0 Å². The lowest BCUT2D eigenvalue weighted by molar-refractivity contribution is 0.0681. The molecule has 0 atom stereocenters. The van der Waals surface area contributed by atoms with Crippen LogP contribution in [-0.4, -0.2) is 25.8 Å². The minimum Gasteiger partial charge on any atom is -0.485 e. The molecule has 0 fully saturated rings. The zero-order valence-corrected chi connectivity index (χ0v) is 11.6. The molecule has 0 spiro atoms. The van der Waals surface area contributed by atoms with Crippen LogP contribution in [0.3, 0.4) is 0 Å². The van der Waals surface area contributed by atoms with Crippen molar-refractivity contribution in [3.63, 3.8) is 0 Å². The third-order valence-corrected chi connectivity index (χ3v) is 3.07. The molecular weight excluding hydrogens is 282 g/mol. The van der Waals surface area contributed by atoms with Crippen LogP contribution in [0.15, 0.2) is 61.1 Å².